The summed E-state index contributed by atoms with van der Waals surface area (Å²) in [5, 5.41) is 26.5. The van der Waals surface area contributed by atoms with Gasteiger partial charge in [-0.05, 0) is 0 Å². The number of rotatable bonds is 7. The zero-order chi connectivity index (χ0) is 14.3. The second kappa shape index (κ2) is 6.67. The van der Waals surface area contributed by atoms with E-state index in [1.54, 1.807) is 0 Å². The lowest BCUT2D eigenvalue weighted by Gasteiger charge is -2.19. The summed E-state index contributed by atoms with van der Waals surface area (Å²) in [5.74, 6) is -5.82. The van der Waals surface area contributed by atoms with E-state index >= 15 is 0 Å². The van der Waals surface area contributed by atoms with Crippen molar-refractivity contribution < 1.29 is 39.2 Å². The summed E-state index contributed by atoms with van der Waals surface area (Å²) in [5.41, 5.74) is 2.20. The van der Waals surface area contributed by atoms with Crippen LogP contribution in [0.4, 0.5) is 0 Å². The first-order chi connectivity index (χ1) is 8.21. The number of carbonyl (C=O) groups is 4. The van der Waals surface area contributed by atoms with E-state index in [1.165, 1.54) is 0 Å². The van der Waals surface area contributed by atoms with Crippen LogP contribution < -0.4 is 5.73 Å². The van der Waals surface area contributed by atoms with E-state index in [1.807, 2.05) is 0 Å². The standard InChI is InChI=1S/C9H13NO8/c10-2-1-6(13)18-7(14)4-9(17,8(15)16)3-5(11)12/h17H,1-4,10H2,(H,11,12)(H,15,16). The van der Waals surface area contributed by atoms with Crippen molar-refractivity contribution in [1.82, 2.24) is 0 Å². The van der Waals surface area contributed by atoms with Crippen LogP contribution >= 0.6 is 0 Å². The Labute approximate surface area is 101 Å². The third-order valence-electron chi connectivity index (χ3n) is 1.85. The molecule has 1 unspecified atom stereocenters. The Hall–Kier alpha value is -2.00. The molecule has 0 fully saturated rings. The van der Waals surface area contributed by atoms with Gasteiger partial charge in [0.05, 0.1) is 19.3 Å². The van der Waals surface area contributed by atoms with Gasteiger partial charge in [0.15, 0.2) is 5.60 Å². The van der Waals surface area contributed by atoms with Gasteiger partial charge in [-0.15, -0.1) is 0 Å². The fourth-order valence-electron chi connectivity index (χ4n) is 1.03. The van der Waals surface area contributed by atoms with Crippen molar-refractivity contribution in [2.24, 2.45) is 5.73 Å². The van der Waals surface area contributed by atoms with Gasteiger partial charge in [0.2, 0.25) is 0 Å². The van der Waals surface area contributed by atoms with E-state index in [9.17, 15) is 24.3 Å². The number of aliphatic hydroxyl groups is 1. The molecule has 0 spiro atoms. The van der Waals surface area contributed by atoms with Crippen molar-refractivity contribution >= 4 is 23.9 Å². The Morgan fingerprint density at radius 1 is 1.06 bits per heavy atom. The lowest BCUT2D eigenvalue weighted by molar-refractivity contribution is -0.174. The summed E-state index contributed by atoms with van der Waals surface area (Å²) in [6, 6.07) is 0. The summed E-state index contributed by atoms with van der Waals surface area (Å²) in [6.07, 6.45) is -2.59. The fraction of sp³-hybridized carbons (Fsp3) is 0.556. The highest BCUT2D eigenvalue weighted by molar-refractivity contribution is 5.92. The van der Waals surface area contributed by atoms with Gasteiger partial charge in [-0.2, -0.15) is 0 Å². The maximum Gasteiger partial charge on any atom is 0.336 e. The molecule has 0 aromatic rings. The predicted molar refractivity (Wildman–Crippen MR) is 54.2 cm³/mol. The van der Waals surface area contributed by atoms with Crippen LogP contribution in [0, 0.1) is 0 Å². The highest BCUT2D eigenvalue weighted by Gasteiger charge is 2.41. The smallest absolute Gasteiger partial charge is 0.336 e. The number of carbonyl (C=O) groups excluding carboxylic acids is 2. The third kappa shape index (κ3) is 5.37. The van der Waals surface area contributed by atoms with E-state index in [-0.39, 0.29) is 13.0 Å². The summed E-state index contributed by atoms with van der Waals surface area (Å²) in [7, 11) is 0. The number of hydrogen-bond acceptors (Lipinski definition) is 7. The van der Waals surface area contributed by atoms with Crippen LogP contribution in [0.3, 0.4) is 0 Å². The molecule has 9 heteroatoms. The van der Waals surface area contributed by atoms with Gasteiger partial charge < -0.3 is 25.8 Å². The van der Waals surface area contributed by atoms with Crippen molar-refractivity contribution in [1.29, 1.82) is 0 Å². The van der Waals surface area contributed by atoms with Crippen LogP contribution in [0.1, 0.15) is 19.3 Å². The normalized spacial score (nSPS) is 13.4. The third-order valence-corrected chi connectivity index (χ3v) is 1.85. The first-order valence-corrected chi connectivity index (χ1v) is 4.82. The molecule has 9 nitrogen and oxygen atoms in total. The SMILES string of the molecule is NCCC(=O)OC(=O)CC(O)(CC(=O)O)C(=O)O. The first-order valence-electron chi connectivity index (χ1n) is 4.82. The molecule has 0 aromatic heterocycles. The second-order valence-electron chi connectivity index (χ2n) is 3.47. The fourth-order valence-corrected chi connectivity index (χ4v) is 1.03. The second-order valence-corrected chi connectivity index (χ2v) is 3.47. The molecule has 0 heterocycles. The molecule has 5 N–H and O–H groups in total. The molecule has 102 valence electrons. The zero-order valence-corrected chi connectivity index (χ0v) is 9.29. The molecule has 0 rings (SSSR count). The van der Waals surface area contributed by atoms with E-state index in [0.717, 1.165) is 0 Å². The molecule has 0 aliphatic heterocycles. The molecule has 0 saturated heterocycles. The van der Waals surface area contributed by atoms with E-state index in [4.69, 9.17) is 15.9 Å². The van der Waals surface area contributed by atoms with Crippen LogP contribution in [-0.2, 0) is 23.9 Å². The highest BCUT2D eigenvalue weighted by Crippen LogP contribution is 2.17. The molecular weight excluding hydrogens is 250 g/mol. The summed E-state index contributed by atoms with van der Waals surface area (Å²) >= 11 is 0. The number of nitrogens with two attached hydrogens (primary N) is 1. The number of aliphatic carboxylic acids is 2. The van der Waals surface area contributed by atoms with Crippen molar-refractivity contribution in [3.05, 3.63) is 0 Å². The zero-order valence-electron chi connectivity index (χ0n) is 9.29. The van der Waals surface area contributed by atoms with Gasteiger partial charge in [0, 0.05) is 6.54 Å². The number of ether oxygens (including phenoxy) is 1. The van der Waals surface area contributed by atoms with Crippen LogP contribution in [0.2, 0.25) is 0 Å². The summed E-state index contributed by atoms with van der Waals surface area (Å²) in [6.45, 7) is -0.0650. The van der Waals surface area contributed by atoms with Crippen LogP contribution in [0.15, 0.2) is 0 Å². The van der Waals surface area contributed by atoms with Crippen molar-refractivity contribution in [3.8, 4) is 0 Å². The minimum Gasteiger partial charge on any atom is -0.481 e. The van der Waals surface area contributed by atoms with E-state index in [2.05, 4.69) is 4.74 Å². The molecule has 0 aliphatic carbocycles. The molecule has 0 saturated carbocycles. The van der Waals surface area contributed by atoms with Gasteiger partial charge >= 0.3 is 23.9 Å². The summed E-state index contributed by atoms with van der Waals surface area (Å²) in [4.78, 5) is 43.0. The predicted octanol–water partition coefficient (Wildman–Crippen LogP) is -1.91. The highest BCUT2D eigenvalue weighted by atomic mass is 16.6. The van der Waals surface area contributed by atoms with Crippen LogP contribution in [-0.4, -0.2) is 51.3 Å². The first kappa shape index (κ1) is 16.0. The molecule has 1 atom stereocenters. The molecule has 0 aliphatic rings. The Morgan fingerprint density at radius 3 is 2.00 bits per heavy atom. The monoisotopic (exact) mass is 263 g/mol. The molecule has 0 bridgehead atoms. The Bertz CT molecular complexity index is 366. The van der Waals surface area contributed by atoms with Gasteiger partial charge in [-0.25, -0.2) is 4.79 Å². The van der Waals surface area contributed by atoms with Crippen molar-refractivity contribution in [2.75, 3.05) is 6.54 Å². The number of carboxylic acid groups (broad SMARTS) is 2. The van der Waals surface area contributed by atoms with E-state index in [0.29, 0.717) is 0 Å². The van der Waals surface area contributed by atoms with Crippen LogP contribution in [0.5, 0.6) is 0 Å². The van der Waals surface area contributed by atoms with Crippen molar-refractivity contribution in [2.45, 2.75) is 24.9 Å². The largest absolute Gasteiger partial charge is 0.481 e. The van der Waals surface area contributed by atoms with Gasteiger partial charge in [0.25, 0.3) is 0 Å². The average Bonchev–Trinajstić information content (AvgIpc) is 2.15. The topological polar surface area (TPSA) is 164 Å². The van der Waals surface area contributed by atoms with Gasteiger partial charge in [-0.1, -0.05) is 0 Å². The maximum absolute atomic E-state index is 11.1. The molecule has 18 heavy (non-hydrogen) atoms. The molecule has 0 aromatic carbocycles. The Kier molecular flexibility index (Phi) is 5.93. The maximum atomic E-state index is 11.1. The van der Waals surface area contributed by atoms with Crippen LogP contribution in [0.25, 0.3) is 0 Å². The van der Waals surface area contributed by atoms with Crippen molar-refractivity contribution in [3.63, 3.8) is 0 Å². The molecular formula is C9H13NO8. The van der Waals surface area contributed by atoms with Gasteiger partial charge in [-0.3, -0.25) is 14.4 Å². The number of carboxylic acids is 2. The minimum absolute atomic E-state index is 0.0650. The van der Waals surface area contributed by atoms with E-state index < -0.39 is 42.3 Å². The number of hydrogen-bond donors (Lipinski definition) is 4. The quantitative estimate of drug-likeness (QED) is 0.302. The number of esters is 2. The summed E-state index contributed by atoms with van der Waals surface area (Å²) < 4.78 is 4.14. The minimum atomic E-state index is -2.81. The average molecular weight is 263 g/mol. The Balaban J connectivity index is 4.60. The lowest BCUT2D eigenvalue weighted by Crippen LogP contribution is -2.43. The lowest BCUT2D eigenvalue weighted by atomic mass is 9.96. The molecule has 0 radical (unpaired) electrons. The molecule has 0 amide bonds. The Morgan fingerprint density at radius 2 is 1.61 bits per heavy atom. The van der Waals surface area contributed by atoms with Gasteiger partial charge in [0.1, 0.15) is 0 Å².